The third kappa shape index (κ3) is 4.32. The zero-order valence-corrected chi connectivity index (χ0v) is 17.0. The Kier molecular flexibility index (Phi) is 6.34. The Morgan fingerprint density at radius 2 is 1.72 bits per heavy atom. The predicted octanol–water partition coefficient (Wildman–Crippen LogP) is 3.07. The van der Waals surface area contributed by atoms with E-state index in [4.69, 9.17) is 4.74 Å². The van der Waals surface area contributed by atoms with Gasteiger partial charge in [-0.2, -0.15) is 0 Å². The first-order chi connectivity index (χ1) is 13.9. The van der Waals surface area contributed by atoms with Gasteiger partial charge in [-0.05, 0) is 56.9 Å². The summed E-state index contributed by atoms with van der Waals surface area (Å²) in [5.74, 6) is -0.759. The second-order valence-corrected chi connectivity index (χ2v) is 7.29. The number of hydrogen-bond donors (Lipinski definition) is 1. The molecule has 0 saturated carbocycles. The van der Waals surface area contributed by atoms with E-state index in [9.17, 15) is 14.7 Å². The van der Waals surface area contributed by atoms with Crippen LogP contribution in [0.5, 0.6) is 5.75 Å². The zero-order chi connectivity index (χ0) is 21.0. The number of ketones is 1. The maximum absolute atomic E-state index is 12.9. The van der Waals surface area contributed by atoms with Gasteiger partial charge in [-0.3, -0.25) is 9.59 Å². The number of aliphatic hydroxyl groups excluding tert-OH is 1. The highest BCUT2D eigenvalue weighted by Gasteiger charge is 2.45. The lowest BCUT2D eigenvalue weighted by atomic mass is 9.95. The minimum Gasteiger partial charge on any atom is -0.507 e. The number of hydrogen-bond acceptors (Lipinski definition) is 5. The van der Waals surface area contributed by atoms with Crippen molar-refractivity contribution in [1.29, 1.82) is 0 Å². The van der Waals surface area contributed by atoms with Crippen molar-refractivity contribution in [3.63, 3.8) is 0 Å². The van der Waals surface area contributed by atoms with Crippen LogP contribution in [-0.4, -0.2) is 60.9 Å². The van der Waals surface area contributed by atoms with E-state index in [1.165, 1.54) is 0 Å². The summed E-state index contributed by atoms with van der Waals surface area (Å²) in [4.78, 5) is 29.3. The fourth-order valence-electron chi connectivity index (χ4n) is 3.55. The Hall–Kier alpha value is -3.12. The molecule has 1 N–H and O–H groups in total. The summed E-state index contributed by atoms with van der Waals surface area (Å²) in [5, 5.41) is 11.0. The Morgan fingerprint density at radius 1 is 1.07 bits per heavy atom. The van der Waals surface area contributed by atoms with Crippen molar-refractivity contribution in [2.75, 3.05) is 34.3 Å². The number of aliphatic hydroxyl groups is 1. The minimum atomic E-state index is -0.656. The molecule has 1 heterocycles. The van der Waals surface area contributed by atoms with Crippen LogP contribution in [0.3, 0.4) is 0 Å². The van der Waals surface area contributed by atoms with Crippen LogP contribution in [0, 0.1) is 0 Å². The topological polar surface area (TPSA) is 70.1 Å². The summed E-state index contributed by atoms with van der Waals surface area (Å²) in [6, 6.07) is 15.5. The molecule has 2 aromatic carbocycles. The second-order valence-electron chi connectivity index (χ2n) is 7.29. The minimum absolute atomic E-state index is 0.121. The SMILES string of the molecule is COc1ccc(/C(O)=C2\C(=O)C(=O)N(CCCN(C)C)[C@H]2c2ccccc2)cc1. The van der Waals surface area contributed by atoms with Gasteiger partial charge in [-0.15, -0.1) is 0 Å². The van der Waals surface area contributed by atoms with Crippen LogP contribution in [0.4, 0.5) is 0 Å². The number of Topliss-reactive ketones (excluding diaryl/α,β-unsaturated/α-hetero) is 1. The maximum Gasteiger partial charge on any atom is 0.295 e. The molecule has 6 nitrogen and oxygen atoms in total. The fraction of sp³-hybridized carbons (Fsp3) is 0.304. The van der Waals surface area contributed by atoms with Gasteiger partial charge in [0.1, 0.15) is 11.5 Å². The standard InChI is InChI=1S/C23H26N2O4/c1-24(2)14-7-15-25-20(16-8-5-4-6-9-16)19(22(27)23(25)28)21(26)17-10-12-18(29-3)13-11-17/h4-6,8-13,20,26H,7,14-15H2,1-3H3/b21-19+/t20-/m0/s1. The van der Waals surface area contributed by atoms with Crippen molar-refractivity contribution in [2.24, 2.45) is 0 Å². The molecule has 0 spiro atoms. The number of carbonyl (C=O) groups is 2. The Labute approximate surface area is 171 Å². The first-order valence-electron chi connectivity index (χ1n) is 9.56. The molecule has 1 aliphatic heterocycles. The lowest BCUT2D eigenvalue weighted by molar-refractivity contribution is -0.139. The van der Waals surface area contributed by atoms with Crippen LogP contribution in [-0.2, 0) is 9.59 Å². The molecule has 0 bridgehead atoms. The van der Waals surface area contributed by atoms with Crippen molar-refractivity contribution in [1.82, 2.24) is 9.80 Å². The first kappa shape index (κ1) is 20.6. The van der Waals surface area contributed by atoms with E-state index in [1.54, 1.807) is 36.3 Å². The fourth-order valence-corrected chi connectivity index (χ4v) is 3.55. The number of rotatable bonds is 7. The number of methoxy groups -OCH3 is 1. The van der Waals surface area contributed by atoms with Gasteiger partial charge < -0.3 is 19.6 Å². The molecule has 0 radical (unpaired) electrons. The Morgan fingerprint density at radius 3 is 2.31 bits per heavy atom. The number of carbonyl (C=O) groups excluding carboxylic acids is 2. The highest BCUT2D eigenvalue weighted by molar-refractivity contribution is 6.46. The van der Waals surface area contributed by atoms with Gasteiger partial charge in [0.25, 0.3) is 11.7 Å². The number of ether oxygens (including phenoxy) is 1. The first-order valence-corrected chi connectivity index (χ1v) is 9.56. The average Bonchev–Trinajstić information content (AvgIpc) is 2.98. The molecule has 3 rings (SSSR count). The van der Waals surface area contributed by atoms with Gasteiger partial charge in [-0.25, -0.2) is 0 Å². The number of likely N-dealkylation sites (tertiary alicyclic amines) is 1. The molecule has 29 heavy (non-hydrogen) atoms. The maximum atomic E-state index is 12.9. The van der Waals surface area contributed by atoms with Crippen molar-refractivity contribution < 1.29 is 19.4 Å². The molecule has 2 aromatic rings. The number of amides is 1. The average molecular weight is 394 g/mol. The highest BCUT2D eigenvalue weighted by Crippen LogP contribution is 2.39. The molecule has 1 fully saturated rings. The molecule has 1 saturated heterocycles. The summed E-state index contributed by atoms with van der Waals surface area (Å²) in [7, 11) is 5.49. The molecule has 0 aliphatic carbocycles. The van der Waals surface area contributed by atoms with Crippen LogP contribution in [0.2, 0.25) is 0 Å². The van der Waals surface area contributed by atoms with Crippen LogP contribution in [0.25, 0.3) is 5.76 Å². The van der Waals surface area contributed by atoms with E-state index in [2.05, 4.69) is 0 Å². The summed E-state index contributed by atoms with van der Waals surface area (Å²) in [5.41, 5.74) is 1.39. The van der Waals surface area contributed by atoms with Crippen molar-refractivity contribution >= 4 is 17.4 Å². The molecule has 0 aromatic heterocycles. The lowest BCUT2D eigenvalue weighted by Crippen LogP contribution is -2.32. The quantitative estimate of drug-likeness (QED) is 0.444. The monoisotopic (exact) mass is 394 g/mol. The van der Waals surface area contributed by atoms with Gasteiger partial charge in [0, 0.05) is 12.1 Å². The van der Waals surface area contributed by atoms with Crippen LogP contribution >= 0.6 is 0 Å². The normalized spacial score (nSPS) is 18.5. The number of nitrogens with zero attached hydrogens (tertiary/aromatic N) is 2. The van der Waals surface area contributed by atoms with Crippen molar-refractivity contribution in [2.45, 2.75) is 12.5 Å². The third-order valence-corrected chi connectivity index (χ3v) is 5.02. The second kappa shape index (κ2) is 8.92. The molecule has 6 heteroatoms. The van der Waals surface area contributed by atoms with Gasteiger partial charge in [0.15, 0.2) is 0 Å². The Bertz CT molecular complexity index is 904. The van der Waals surface area contributed by atoms with E-state index in [-0.39, 0.29) is 11.3 Å². The molecule has 1 aliphatic rings. The molecular formula is C23H26N2O4. The van der Waals surface area contributed by atoms with Crippen LogP contribution in [0.1, 0.15) is 23.6 Å². The smallest absolute Gasteiger partial charge is 0.295 e. The summed E-state index contributed by atoms with van der Waals surface area (Å²) in [6.07, 6.45) is 0.728. The van der Waals surface area contributed by atoms with Gasteiger partial charge in [0.2, 0.25) is 0 Å². The van der Waals surface area contributed by atoms with Crippen molar-refractivity contribution in [3.8, 4) is 5.75 Å². The summed E-state index contributed by atoms with van der Waals surface area (Å²) >= 11 is 0. The highest BCUT2D eigenvalue weighted by atomic mass is 16.5. The molecular weight excluding hydrogens is 368 g/mol. The predicted molar refractivity (Wildman–Crippen MR) is 112 cm³/mol. The molecule has 0 unspecified atom stereocenters. The zero-order valence-electron chi connectivity index (χ0n) is 17.0. The summed E-state index contributed by atoms with van der Waals surface area (Å²) < 4.78 is 5.15. The molecule has 1 amide bonds. The van der Waals surface area contributed by atoms with Crippen LogP contribution in [0.15, 0.2) is 60.2 Å². The van der Waals surface area contributed by atoms with E-state index in [1.807, 2.05) is 49.3 Å². The lowest BCUT2D eigenvalue weighted by Gasteiger charge is -2.26. The third-order valence-electron chi connectivity index (χ3n) is 5.02. The van der Waals surface area contributed by atoms with E-state index >= 15 is 0 Å². The van der Waals surface area contributed by atoms with Crippen molar-refractivity contribution in [3.05, 3.63) is 71.3 Å². The number of benzene rings is 2. The van der Waals surface area contributed by atoms with Gasteiger partial charge >= 0.3 is 0 Å². The molecule has 152 valence electrons. The summed E-state index contributed by atoms with van der Waals surface area (Å²) in [6.45, 7) is 1.23. The largest absolute Gasteiger partial charge is 0.507 e. The molecule has 1 atom stereocenters. The van der Waals surface area contributed by atoms with E-state index in [0.717, 1.165) is 18.5 Å². The Balaban J connectivity index is 2.05. The van der Waals surface area contributed by atoms with E-state index in [0.29, 0.717) is 17.9 Å². The van der Waals surface area contributed by atoms with E-state index < -0.39 is 17.7 Å². The van der Waals surface area contributed by atoms with Crippen LogP contribution < -0.4 is 4.74 Å². The van der Waals surface area contributed by atoms with Gasteiger partial charge in [0.05, 0.1) is 18.7 Å². The van der Waals surface area contributed by atoms with Gasteiger partial charge in [-0.1, -0.05) is 30.3 Å².